The maximum absolute atomic E-state index is 12.4. The molecule has 94 valence electrons. The minimum absolute atomic E-state index is 0.0683. The summed E-state index contributed by atoms with van der Waals surface area (Å²) in [6.07, 6.45) is 6.64. The van der Waals surface area contributed by atoms with E-state index in [1.54, 1.807) is 24.3 Å². The van der Waals surface area contributed by atoms with Crippen molar-refractivity contribution in [2.75, 3.05) is 0 Å². The SMILES string of the molecule is O=Nc1ccc(O)c2c1C(=O)C1C=CC=CC1C2=O. The molecule has 0 saturated heterocycles. The Labute approximate surface area is 108 Å². The van der Waals surface area contributed by atoms with Gasteiger partial charge in [-0.05, 0) is 17.3 Å². The number of phenols is 1. The highest BCUT2D eigenvalue weighted by Gasteiger charge is 2.42. The topological polar surface area (TPSA) is 83.8 Å². The summed E-state index contributed by atoms with van der Waals surface area (Å²) in [6, 6.07) is 2.46. The second kappa shape index (κ2) is 3.98. The molecule has 5 nitrogen and oxygen atoms in total. The molecule has 2 atom stereocenters. The summed E-state index contributed by atoms with van der Waals surface area (Å²) in [5, 5.41) is 12.6. The molecule has 0 saturated carbocycles. The Morgan fingerprint density at radius 3 is 2.11 bits per heavy atom. The second-order valence-electron chi connectivity index (χ2n) is 4.49. The fourth-order valence-corrected chi connectivity index (χ4v) is 2.60. The van der Waals surface area contributed by atoms with Crippen LogP contribution in [0.15, 0.2) is 41.6 Å². The van der Waals surface area contributed by atoms with E-state index in [2.05, 4.69) is 5.18 Å². The van der Waals surface area contributed by atoms with Crippen LogP contribution in [0.25, 0.3) is 0 Å². The molecule has 2 aliphatic carbocycles. The Morgan fingerprint density at radius 2 is 1.53 bits per heavy atom. The third-order valence-corrected chi connectivity index (χ3v) is 3.49. The van der Waals surface area contributed by atoms with Crippen LogP contribution < -0.4 is 0 Å². The van der Waals surface area contributed by atoms with Crippen molar-refractivity contribution in [3.63, 3.8) is 0 Å². The Balaban J connectivity index is 2.31. The molecule has 3 rings (SSSR count). The summed E-state index contributed by atoms with van der Waals surface area (Å²) >= 11 is 0. The number of Topliss-reactive ketones (excluding diaryl/α,β-unsaturated/α-hetero) is 2. The number of ketones is 2. The molecule has 5 heteroatoms. The van der Waals surface area contributed by atoms with Crippen molar-refractivity contribution in [2.45, 2.75) is 0 Å². The molecule has 0 amide bonds. The van der Waals surface area contributed by atoms with Gasteiger partial charge in [0.15, 0.2) is 11.6 Å². The van der Waals surface area contributed by atoms with E-state index in [1.165, 1.54) is 12.1 Å². The first-order valence-corrected chi connectivity index (χ1v) is 5.78. The summed E-state index contributed by atoms with van der Waals surface area (Å²) < 4.78 is 0. The summed E-state index contributed by atoms with van der Waals surface area (Å²) in [6.45, 7) is 0. The van der Waals surface area contributed by atoms with Gasteiger partial charge in [-0.15, -0.1) is 4.91 Å². The van der Waals surface area contributed by atoms with Crippen molar-refractivity contribution in [1.82, 2.24) is 0 Å². The van der Waals surface area contributed by atoms with Crippen LogP contribution in [0.2, 0.25) is 0 Å². The molecule has 0 bridgehead atoms. The van der Waals surface area contributed by atoms with Gasteiger partial charge in [-0.25, -0.2) is 0 Å². The molecule has 0 spiro atoms. The van der Waals surface area contributed by atoms with Gasteiger partial charge in [-0.1, -0.05) is 24.3 Å². The maximum Gasteiger partial charge on any atom is 0.175 e. The molecule has 1 aromatic rings. The van der Waals surface area contributed by atoms with E-state index < -0.39 is 11.8 Å². The van der Waals surface area contributed by atoms with Crippen molar-refractivity contribution in [3.8, 4) is 5.75 Å². The zero-order valence-electron chi connectivity index (χ0n) is 9.74. The summed E-state index contributed by atoms with van der Waals surface area (Å²) in [5.41, 5.74) is -0.267. The normalized spacial score (nSPS) is 24.0. The average Bonchev–Trinajstić information content (AvgIpc) is 2.44. The van der Waals surface area contributed by atoms with Crippen LogP contribution in [0.5, 0.6) is 5.75 Å². The first kappa shape index (κ1) is 11.5. The van der Waals surface area contributed by atoms with Gasteiger partial charge >= 0.3 is 0 Å². The summed E-state index contributed by atoms with van der Waals surface area (Å²) in [5.74, 6) is -2.24. The molecule has 1 N–H and O–H groups in total. The molecule has 2 aliphatic rings. The molecule has 0 fully saturated rings. The number of nitroso groups, excluding NO2 is 1. The molecule has 0 aromatic heterocycles. The van der Waals surface area contributed by atoms with Crippen LogP contribution in [0.3, 0.4) is 0 Å². The number of allylic oxidation sites excluding steroid dienone is 4. The number of carbonyl (C=O) groups is 2. The zero-order chi connectivity index (χ0) is 13.6. The maximum atomic E-state index is 12.4. The van der Waals surface area contributed by atoms with Crippen molar-refractivity contribution < 1.29 is 14.7 Å². The lowest BCUT2D eigenvalue weighted by Crippen LogP contribution is -2.35. The molecular weight excluding hydrogens is 246 g/mol. The smallest absolute Gasteiger partial charge is 0.175 e. The van der Waals surface area contributed by atoms with Gasteiger partial charge in [0.1, 0.15) is 11.4 Å². The molecule has 0 aliphatic heterocycles. The highest BCUT2D eigenvalue weighted by molar-refractivity contribution is 6.20. The van der Waals surface area contributed by atoms with Crippen molar-refractivity contribution in [2.24, 2.45) is 17.0 Å². The van der Waals surface area contributed by atoms with Gasteiger partial charge in [-0.3, -0.25) is 9.59 Å². The van der Waals surface area contributed by atoms with Crippen LogP contribution >= 0.6 is 0 Å². The van der Waals surface area contributed by atoms with Gasteiger partial charge in [0.05, 0.1) is 23.0 Å². The number of rotatable bonds is 1. The fourth-order valence-electron chi connectivity index (χ4n) is 2.60. The first-order valence-electron chi connectivity index (χ1n) is 5.78. The van der Waals surface area contributed by atoms with Gasteiger partial charge in [0.25, 0.3) is 0 Å². The van der Waals surface area contributed by atoms with Crippen LogP contribution in [0.4, 0.5) is 5.69 Å². The van der Waals surface area contributed by atoms with E-state index >= 15 is 0 Å². The fraction of sp³-hybridized carbons (Fsp3) is 0.143. The number of nitrogens with zero attached hydrogens (tertiary/aromatic N) is 1. The highest BCUT2D eigenvalue weighted by atomic mass is 16.3. The Hall–Kier alpha value is -2.56. The van der Waals surface area contributed by atoms with Gasteiger partial charge in [0, 0.05) is 0 Å². The number of phenolic OH excluding ortho intramolecular Hbond substituents is 1. The summed E-state index contributed by atoms with van der Waals surface area (Å²) in [4.78, 5) is 35.5. The number of benzene rings is 1. The minimum Gasteiger partial charge on any atom is -0.507 e. The van der Waals surface area contributed by atoms with E-state index in [0.29, 0.717) is 0 Å². The molecule has 19 heavy (non-hydrogen) atoms. The number of hydrogen-bond acceptors (Lipinski definition) is 5. The highest BCUT2D eigenvalue weighted by Crippen LogP contribution is 2.41. The lowest BCUT2D eigenvalue weighted by molar-refractivity contribution is 0.0799. The first-order chi connectivity index (χ1) is 9.15. The predicted molar refractivity (Wildman–Crippen MR) is 67.5 cm³/mol. The molecule has 0 radical (unpaired) electrons. The lowest BCUT2D eigenvalue weighted by Gasteiger charge is -2.28. The monoisotopic (exact) mass is 255 g/mol. The Morgan fingerprint density at radius 1 is 0.947 bits per heavy atom. The van der Waals surface area contributed by atoms with Crippen molar-refractivity contribution in [1.29, 1.82) is 0 Å². The third-order valence-electron chi connectivity index (χ3n) is 3.49. The van der Waals surface area contributed by atoms with Gasteiger partial charge in [0.2, 0.25) is 0 Å². The van der Waals surface area contributed by atoms with Crippen LogP contribution in [0.1, 0.15) is 20.7 Å². The lowest BCUT2D eigenvalue weighted by atomic mass is 9.71. The van der Waals surface area contributed by atoms with E-state index in [-0.39, 0.29) is 34.1 Å². The van der Waals surface area contributed by atoms with Crippen molar-refractivity contribution in [3.05, 3.63) is 52.5 Å². The molecule has 2 unspecified atom stereocenters. The number of aromatic hydroxyl groups is 1. The Kier molecular flexibility index (Phi) is 2.41. The second-order valence-corrected chi connectivity index (χ2v) is 4.49. The molecule has 1 aromatic carbocycles. The molecule has 0 heterocycles. The van der Waals surface area contributed by atoms with Crippen LogP contribution in [0, 0.1) is 16.7 Å². The van der Waals surface area contributed by atoms with Crippen LogP contribution in [-0.4, -0.2) is 16.7 Å². The zero-order valence-corrected chi connectivity index (χ0v) is 9.74. The summed E-state index contributed by atoms with van der Waals surface area (Å²) in [7, 11) is 0. The number of carbonyl (C=O) groups excluding carboxylic acids is 2. The van der Waals surface area contributed by atoms with E-state index in [4.69, 9.17) is 0 Å². The standard InChI is InChI=1S/C14H9NO4/c16-10-6-5-9(15-19)11-12(10)14(18)8-4-2-1-3-7(8)13(11)17/h1-8,16H. The van der Waals surface area contributed by atoms with E-state index in [0.717, 1.165) is 0 Å². The number of hydrogen-bond donors (Lipinski definition) is 1. The quantitative estimate of drug-likeness (QED) is 0.781. The largest absolute Gasteiger partial charge is 0.507 e. The Bertz CT molecular complexity index is 672. The number of fused-ring (bicyclic) bond motifs is 2. The van der Waals surface area contributed by atoms with Gasteiger partial charge in [-0.2, -0.15) is 0 Å². The van der Waals surface area contributed by atoms with Crippen LogP contribution in [-0.2, 0) is 0 Å². The van der Waals surface area contributed by atoms with Gasteiger partial charge < -0.3 is 5.11 Å². The minimum atomic E-state index is -0.618. The van der Waals surface area contributed by atoms with Crippen molar-refractivity contribution >= 4 is 17.3 Å². The average molecular weight is 255 g/mol. The molecular formula is C14H9NO4. The van der Waals surface area contributed by atoms with E-state index in [9.17, 15) is 19.6 Å². The predicted octanol–water partition coefficient (Wildman–Crippen LogP) is 2.53. The third kappa shape index (κ3) is 1.48. The van der Waals surface area contributed by atoms with E-state index in [1.807, 2.05) is 0 Å².